The first-order valence-corrected chi connectivity index (χ1v) is 8.90. The van der Waals surface area contributed by atoms with E-state index in [4.69, 9.17) is 14.2 Å². The molecule has 0 radical (unpaired) electrons. The van der Waals surface area contributed by atoms with Crippen molar-refractivity contribution in [2.24, 2.45) is 0 Å². The lowest BCUT2D eigenvalue weighted by molar-refractivity contribution is -0.148. The summed E-state index contributed by atoms with van der Waals surface area (Å²) < 4.78 is 15.5. The molecule has 0 heterocycles. The number of rotatable bonds is 6. The highest BCUT2D eigenvalue weighted by Gasteiger charge is 2.36. The van der Waals surface area contributed by atoms with Gasteiger partial charge in [0.15, 0.2) is 0 Å². The molecule has 0 bridgehead atoms. The maximum atomic E-state index is 12.5. The average Bonchev–Trinajstić information content (AvgIpc) is 3.14. The van der Waals surface area contributed by atoms with Crippen LogP contribution in [0.25, 0.3) is 0 Å². The summed E-state index contributed by atoms with van der Waals surface area (Å²) in [5.41, 5.74) is 0.772. The van der Waals surface area contributed by atoms with E-state index in [1.807, 2.05) is 18.2 Å². The minimum atomic E-state index is -1.13. The van der Waals surface area contributed by atoms with Gasteiger partial charge < -0.3 is 14.2 Å². The summed E-state index contributed by atoms with van der Waals surface area (Å²) in [6.45, 7) is 3.20. The van der Waals surface area contributed by atoms with Crippen LogP contribution in [0.5, 0.6) is 0 Å². The molecule has 1 aliphatic rings. The smallest absolute Gasteiger partial charge is 0.420 e. The van der Waals surface area contributed by atoms with Crippen LogP contribution in [0.2, 0.25) is 0 Å². The number of carbonyl (C=O) groups is 3. The van der Waals surface area contributed by atoms with Crippen LogP contribution in [-0.2, 0) is 25.6 Å². The Morgan fingerprint density at radius 2 is 1.73 bits per heavy atom. The number of hydrogen-bond acceptors (Lipinski definition) is 6. The Labute approximate surface area is 153 Å². The van der Waals surface area contributed by atoms with Gasteiger partial charge in [-0.25, -0.2) is 14.4 Å². The molecular weight excluding hydrogens is 338 g/mol. The highest BCUT2D eigenvalue weighted by molar-refractivity contribution is 5.93. The molecule has 0 unspecified atom stereocenters. The average molecular weight is 363 g/mol. The highest BCUT2D eigenvalue weighted by Crippen LogP contribution is 2.22. The van der Waals surface area contributed by atoms with Crippen molar-refractivity contribution in [2.75, 3.05) is 6.61 Å². The second kappa shape index (κ2) is 9.79. The standard InChI is InChI=1S/C19H25NO6/c1-3-24-17(21)14(2)20(19(23)26-16-11-7-8-12-16)18(22)25-13-15-9-5-4-6-10-15/h4-6,9-10,14,16H,3,7-8,11-13H2,1-2H3/t14-/m1/s1. The number of nitrogens with zero attached hydrogens (tertiary/aromatic N) is 1. The molecule has 26 heavy (non-hydrogen) atoms. The number of ether oxygens (including phenoxy) is 3. The van der Waals surface area contributed by atoms with Crippen LogP contribution < -0.4 is 0 Å². The van der Waals surface area contributed by atoms with E-state index in [0.717, 1.165) is 31.2 Å². The Bertz CT molecular complexity index is 612. The maximum absolute atomic E-state index is 12.5. The first kappa shape index (κ1) is 19.8. The summed E-state index contributed by atoms with van der Waals surface area (Å²) in [5.74, 6) is -0.687. The normalized spacial score (nSPS) is 15.2. The van der Waals surface area contributed by atoms with Gasteiger partial charge in [0, 0.05) is 0 Å². The monoisotopic (exact) mass is 363 g/mol. The van der Waals surface area contributed by atoms with Crippen LogP contribution in [0.1, 0.15) is 45.1 Å². The lowest BCUT2D eigenvalue weighted by Crippen LogP contribution is -2.48. The molecule has 0 spiro atoms. The third kappa shape index (κ3) is 5.47. The molecule has 0 aromatic heterocycles. The van der Waals surface area contributed by atoms with Crippen LogP contribution >= 0.6 is 0 Å². The van der Waals surface area contributed by atoms with E-state index >= 15 is 0 Å². The summed E-state index contributed by atoms with van der Waals surface area (Å²) >= 11 is 0. The van der Waals surface area contributed by atoms with Crippen molar-refractivity contribution in [2.45, 2.75) is 58.3 Å². The van der Waals surface area contributed by atoms with E-state index < -0.39 is 24.2 Å². The lowest BCUT2D eigenvalue weighted by Gasteiger charge is -2.26. The molecule has 142 valence electrons. The summed E-state index contributed by atoms with van der Waals surface area (Å²) in [6.07, 6.45) is 1.42. The fraction of sp³-hybridized carbons (Fsp3) is 0.526. The Hall–Kier alpha value is -2.57. The Morgan fingerprint density at radius 1 is 1.08 bits per heavy atom. The second-order valence-electron chi connectivity index (χ2n) is 6.13. The molecule has 0 N–H and O–H groups in total. The molecule has 0 aliphatic heterocycles. The molecule has 1 aliphatic carbocycles. The first-order chi connectivity index (χ1) is 12.5. The van der Waals surface area contributed by atoms with Gasteiger partial charge in [0.05, 0.1) is 6.61 Å². The molecule has 2 rings (SSSR count). The zero-order valence-corrected chi connectivity index (χ0v) is 15.2. The van der Waals surface area contributed by atoms with Gasteiger partial charge in [-0.3, -0.25) is 0 Å². The molecule has 1 aromatic rings. The highest BCUT2D eigenvalue weighted by atomic mass is 16.6. The maximum Gasteiger partial charge on any atom is 0.420 e. The minimum Gasteiger partial charge on any atom is -0.464 e. The van der Waals surface area contributed by atoms with Crippen LogP contribution in [0.4, 0.5) is 9.59 Å². The van der Waals surface area contributed by atoms with Crippen molar-refractivity contribution in [3.05, 3.63) is 35.9 Å². The summed E-state index contributed by atoms with van der Waals surface area (Å²) in [6, 6.07) is 7.94. The van der Waals surface area contributed by atoms with Crippen LogP contribution in [0, 0.1) is 0 Å². The SMILES string of the molecule is CCOC(=O)[C@@H](C)N(C(=O)OCc1ccccc1)C(=O)OC1CCCC1. The van der Waals surface area contributed by atoms with Gasteiger partial charge in [-0.05, 0) is 45.1 Å². The lowest BCUT2D eigenvalue weighted by atomic mass is 10.2. The van der Waals surface area contributed by atoms with E-state index in [-0.39, 0.29) is 19.3 Å². The first-order valence-electron chi connectivity index (χ1n) is 8.90. The molecule has 0 saturated heterocycles. The van der Waals surface area contributed by atoms with Crippen molar-refractivity contribution in [3.8, 4) is 0 Å². The Kier molecular flexibility index (Phi) is 7.44. The number of amides is 2. The van der Waals surface area contributed by atoms with Gasteiger partial charge in [-0.2, -0.15) is 4.90 Å². The molecule has 1 saturated carbocycles. The second-order valence-corrected chi connectivity index (χ2v) is 6.13. The predicted octanol–water partition coefficient (Wildman–Crippen LogP) is 3.66. The van der Waals surface area contributed by atoms with Gasteiger partial charge in [0.2, 0.25) is 0 Å². The van der Waals surface area contributed by atoms with Crippen molar-refractivity contribution < 1.29 is 28.6 Å². The fourth-order valence-corrected chi connectivity index (χ4v) is 2.75. The van der Waals surface area contributed by atoms with Crippen molar-refractivity contribution in [1.29, 1.82) is 0 Å². The number of imide groups is 1. The Balaban J connectivity index is 2.05. The summed E-state index contributed by atoms with van der Waals surface area (Å²) in [7, 11) is 0. The van der Waals surface area contributed by atoms with E-state index in [1.54, 1.807) is 19.1 Å². The zero-order valence-electron chi connectivity index (χ0n) is 15.2. The molecule has 7 heteroatoms. The zero-order chi connectivity index (χ0) is 18.9. The minimum absolute atomic E-state index is 0.0115. The largest absolute Gasteiger partial charge is 0.464 e. The van der Waals surface area contributed by atoms with Gasteiger partial charge in [-0.1, -0.05) is 30.3 Å². The van der Waals surface area contributed by atoms with Gasteiger partial charge in [0.25, 0.3) is 0 Å². The summed E-state index contributed by atoms with van der Waals surface area (Å²) in [5, 5.41) is 0. The predicted molar refractivity (Wildman–Crippen MR) is 93.3 cm³/mol. The van der Waals surface area contributed by atoms with Crippen molar-refractivity contribution in [1.82, 2.24) is 4.90 Å². The molecule has 1 atom stereocenters. The fourth-order valence-electron chi connectivity index (χ4n) is 2.75. The van der Waals surface area contributed by atoms with Crippen molar-refractivity contribution >= 4 is 18.2 Å². The quantitative estimate of drug-likeness (QED) is 0.567. The van der Waals surface area contributed by atoms with Gasteiger partial charge >= 0.3 is 18.2 Å². The summed E-state index contributed by atoms with van der Waals surface area (Å²) in [4.78, 5) is 37.7. The number of carbonyl (C=O) groups excluding carboxylic acids is 3. The van der Waals surface area contributed by atoms with Crippen molar-refractivity contribution in [3.63, 3.8) is 0 Å². The molecular formula is C19H25NO6. The number of esters is 1. The number of hydrogen-bond donors (Lipinski definition) is 0. The van der Waals surface area contributed by atoms with Gasteiger partial charge in [-0.15, -0.1) is 0 Å². The van der Waals surface area contributed by atoms with Crippen LogP contribution in [0.15, 0.2) is 30.3 Å². The third-order valence-corrected chi connectivity index (χ3v) is 4.18. The van der Waals surface area contributed by atoms with E-state index in [1.165, 1.54) is 6.92 Å². The third-order valence-electron chi connectivity index (χ3n) is 4.18. The molecule has 2 amide bonds. The van der Waals surface area contributed by atoms with E-state index in [0.29, 0.717) is 4.90 Å². The Morgan fingerprint density at radius 3 is 2.35 bits per heavy atom. The molecule has 7 nitrogen and oxygen atoms in total. The van der Waals surface area contributed by atoms with Crippen LogP contribution in [0.3, 0.4) is 0 Å². The van der Waals surface area contributed by atoms with E-state index in [9.17, 15) is 14.4 Å². The number of benzene rings is 1. The van der Waals surface area contributed by atoms with Crippen LogP contribution in [-0.4, -0.2) is 41.8 Å². The van der Waals surface area contributed by atoms with E-state index in [2.05, 4.69) is 0 Å². The molecule has 1 fully saturated rings. The molecule has 1 aromatic carbocycles. The van der Waals surface area contributed by atoms with Gasteiger partial charge in [0.1, 0.15) is 18.8 Å². The topological polar surface area (TPSA) is 82.1 Å².